The highest BCUT2D eigenvalue weighted by Gasteiger charge is 2.27. The van der Waals surface area contributed by atoms with E-state index in [0.717, 1.165) is 43.5 Å². The van der Waals surface area contributed by atoms with Gasteiger partial charge in [-0.15, -0.1) is 0 Å². The molecule has 0 heterocycles. The Labute approximate surface area is 257 Å². The molecule has 0 fully saturated rings. The highest BCUT2D eigenvalue weighted by Crippen LogP contribution is 2.31. The smallest absolute Gasteiger partial charge is 0.241 e. The molecule has 0 unspecified atom stereocenters. The van der Waals surface area contributed by atoms with E-state index in [1.165, 1.54) is 35.4 Å². The van der Waals surface area contributed by atoms with Crippen molar-refractivity contribution in [3.8, 4) is 0 Å². The van der Waals surface area contributed by atoms with Crippen molar-refractivity contribution in [1.29, 1.82) is 0 Å². The lowest BCUT2D eigenvalue weighted by Crippen LogP contribution is -2.36. The normalized spacial score (nSPS) is 15.8. The Balaban J connectivity index is 0.00000506. The Bertz CT molecular complexity index is 1460. The summed E-state index contributed by atoms with van der Waals surface area (Å²) in [5.74, 6) is -0.427. The molecule has 0 saturated heterocycles. The second-order valence-electron chi connectivity index (χ2n) is 12.9. The Morgan fingerprint density at radius 3 is 2.26 bits per heavy atom. The average Bonchev–Trinajstić information content (AvgIpc) is 2.92. The summed E-state index contributed by atoms with van der Waals surface area (Å²) >= 11 is 0. The lowest BCUT2D eigenvalue weighted by atomic mass is 9.86. The summed E-state index contributed by atoms with van der Waals surface area (Å²) in [6.45, 7) is 12.4. The van der Waals surface area contributed by atoms with Crippen molar-refractivity contribution in [2.75, 3.05) is 6.54 Å². The summed E-state index contributed by atoms with van der Waals surface area (Å²) in [5.41, 5.74) is 5.33. The predicted molar refractivity (Wildman–Crippen MR) is 173 cm³/mol. The summed E-state index contributed by atoms with van der Waals surface area (Å²) in [7, 11) is -3.94. The third-order valence-electron chi connectivity index (χ3n) is 7.66. The van der Waals surface area contributed by atoms with Gasteiger partial charge in [0.2, 0.25) is 15.9 Å². The molecule has 0 spiro atoms. The first-order valence-corrected chi connectivity index (χ1v) is 16.3. The van der Waals surface area contributed by atoms with Gasteiger partial charge in [0.25, 0.3) is 0 Å². The highest BCUT2D eigenvalue weighted by molar-refractivity contribution is 7.89. The molecule has 1 aliphatic rings. The van der Waals surface area contributed by atoms with Crippen molar-refractivity contribution < 1.29 is 17.6 Å². The first-order valence-electron chi connectivity index (χ1n) is 14.8. The Morgan fingerprint density at radius 2 is 1.63 bits per heavy atom. The third-order valence-corrected chi connectivity index (χ3v) is 9.15. The SMILES string of the molecule is C.CC(C)c1ccc(S(=O)(=O)N[C@H](CC(=O)N[C@@H]2CCCc3cc(CNCC(C)(C)C)ccc32)c2ccc(F)cc2)cc1. The number of aryl methyl sites for hydroxylation is 1. The summed E-state index contributed by atoms with van der Waals surface area (Å²) in [4.78, 5) is 13.5. The van der Waals surface area contributed by atoms with Gasteiger partial charge in [0.05, 0.1) is 17.0 Å². The number of hydrogen-bond donors (Lipinski definition) is 3. The topological polar surface area (TPSA) is 87.3 Å². The van der Waals surface area contributed by atoms with Crippen molar-refractivity contribution in [2.24, 2.45) is 5.41 Å². The van der Waals surface area contributed by atoms with Gasteiger partial charge < -0.3 is 10.6 Å². The van der Waals surface area contributed by atoms with Crippen LogP contribution in [0.3, 0.4) is 0 Å². The van der Waals surface area contributed by atoms with Crippen LogP contribution in [-0.2, 0) is 27.8 Å². The van der Waals surface area contributed by atoms with Crippen molar-refractivity contribution in [1.82, 2.24) is 15.4 Å². The van der Waals surface area contributed by atoms with Gasteiger partial charge in [-0.2, -0.15) is 0 Å². The second kappa shape index (κ2) is 14.6. The monoisotopic (exact) mass is 609 g/mol. The number of halogens is 1. The van der Waals surface area contributed by atoms with E-state index in [9.17, 15) is 17.6 Å². The quantitative estimate of drug-likeness (QED) is 0.213. The summed E-state index contributed by atoms with van der Waals surface area (Å²) in [5, 5.41) is 6.67. The van der Waals surface area contributed by atoms with Crippen LogP contribution in [0.2, 0.25) is 0 Å². The molecule has 6 nitrogen and oxygen atoms in total. The maximum absolute atomic E-state index is 13.7. The number of nitrogens with one attached hydrogen (secondary N) is 3. The fourth-order valence-electron chi connectivity index (χ4n) is 5.36. The summed E-state index contributed by atoms with van der Waals surface area (Å²) < 4.78 is 43.1. The molecule has 4 rings (SSSR count). The van der Waals surface area contributed by atoms with Crippen LogP contribution in [0.4, 0.5) is 4.39 Å². The zero-order valence-electron chi connectivity index (χ0n) is 25.3. The van der Waals surface area contributed by atoms with E-state index in [1.807, 2.05) is 13.8 Å². The first kappa shape index (κ1) is 34.4. The van der Waals surface area contributed by atoms with Gasteiger partial charge in [-0.25, -0.2) is 17.5 Å². The van der Waals surface area contributed by atoms with Crippen molar-refractivity contribution in [2.45, 2.75) is 97.2 Å². The number of fused-ring (bicyclic) bond motifs is 1. The maximum Gasteiger partial charge on any atom is 0.241 e. The molecule has 43 heavy (non-hydrogen) atoms. The molecule has 1 amide bonds. The Morgan fingerprint density at radius 1 is 0.977 bits per heavy atom. The molecule has 234 valence electrons. The number of benzene rings is 3. The maximum atomic E-state index is 13.7. The van der Waals surface area contributed by atoms with E-state index in [1.54, 1.807) is 24.3 Å². The minimum Gasteiger partial charge on any atom is -0.349 e. The van der Waals surface area contributed by atoms with Crippen LogP contribution in [-0.4, -0.2) is 20.9 Å². The standard InChI is InChI=1S/C34H44FN3O3S.CH4/c1-23(2)25-12-16-29(17-13-25)42(40,41)38-32(26-10-14-28(35)15-11-26)20-33(39)37-31-8-6-7-27-19-24(9-18-30(27)31)21-36-22-34(3,4)5;/h9-19,23,31-32,36,38H,6-8,20-22H2,1-5H3,(H,37,39);1H4/t31-,32-;/m1./s1. The van der Waals surface area contributed by atoms with Crippen molar-refractivity contribution in [3.63, 3.8) is 0 Å². The lowest BCUT2D eigenvalue weighted by molar-refractivity contribution is -0.122. The molecular formula is C35H48FN3O3S. The predicted octanol–water partition coefficient (Wildman–Crippen LogP) is 7.32. The lowest BCUT2D eigenvalue weighted by Gasteiger charge is -2.28. The molecule has 8 heteroatoms. The van der Waals surface area contributed by atoms with E-state index < -0.39 is 21.9 Å². The van der Waals surface area contributed by atoms with Gasteiger partial charge in [-0.3, -0.25) is 4.79 Å². The van der Waals surface area contributed by atoms with Crippen LogP contribution in [0.5, 0.6) is 0 Å². The van der Waals surface area contributed by atoms with E-state index in [4.69, 9.17) is 0 Å². The van der Waals surface area contributed by atoms with Gasteiger partial charge in [-0.1, -0.05) is 84.5 Å². The molecular weight excluding hydrogens is 561 g/mol. The molecule has 1 aliphatic carbocycles. The van der Waals surface area contributed by atoms with Crippen LogP contribution in [0.1, 0.15) is 107 Å². The zero-order valence-corrected chi connectivity index (χ0v) is 26.2. The molecule has 3 aromatic rings. The van der Waals surface area contributed by atoms with E-state index >= 15 is 0 Å². The van der Waals surface area contributed by atoms with Gasteiger partial charge in [0, 0.05) is 19.5 Å². The largest absolute Gasteiger partial charge is 0.349 e. The van der Waals surface area contributed by atoms with Crippen LogP contribution in [0, 0.1) is 11.2 Å². The minimum absolute atomic E-state index is 0. The van der Waals surface area contributed by atoms with Gasteiger partial charge in [0.15, 0.2) is 0 Å². The molecule has 0 radical (unpaired) electrons. The molecule has 0 bridgehead atoms. The molecule has 0 saturated carbocycles. The zero-order chi connectivity index (χ0) is 30.5. The number of amides is 1. The molecule has 0 aliphatic heterocycles. The van der Waals surface area contributed by atoms with Crippen molar-refractivity contribution >= 4 is 15.9 Å². The van der Waals surface area contributed by atoms with E-state index in [2.05, 4.69) is 54.3 Å². The summed E-state index contributed by atoms with van der Waals surface area (Å²) in [6, 6.07) is 17.8. The minimum atomic E-state index is -3.94. The number of carbonyl (C=O) groups is 1. The van der Waals surface area contributed by atoms with E-state index in [0.29, 0.717) is 5.56 Å². The van der Waals surface area contributed by atoms with Crippen LogP contribution in [0.15, 0.2) is 71.6 Å². The Kier molecular flexibility index (Phi) is 11.7. The molecule has 0 aromatic heterocycles. The van der Waals surface area contributed by atoms with Crippen molar-refractivity contribution in [3.05, 3.63) is 100 Å². The number of rotatable bonds is 11. The second-order valence-corrected chi connectivity index (χ2v) is 14.6. The Hall–Kier alpha value is -3.07. The number of sulfonamides is 1. The highest BCUT2D eigenvalue weighted by atomic mass is 32.2. The summed E-state index contributed by atoms with van der Waals surface area (Å²) in [6.07, 6.45) is 2.62. The molecule has 2 atom stereocenters. The van der Waals surface area contributed by atoms with Gasteiger partial charge >= 0.3 is 0 Å². The van der Waals surface area contributed by atoms with E-state index in [-0.39, 0.29) is 42.0 Å². The number of carbonyl (C=O) groups excluding carboxylic acids is 1. The third kappa shape index (κ3) is 9.71. The van der Waals surface area contributed by atoms with Crippen LogP contribution < -0.4 is 15.4 Å². The van der Waals surface area contributed by atoms with Crippen LogP contribution in [0.25, 0.3) is 0 Å². The fraction of sp³-hybridized carbons (Fsp3) is 0.457. The molecule has 3 aromatic carbocycles. The van der Waals surface area contributed by atoms with Gasteiger partial charge in [-0.05, 0) is 82.7 Å². The number of hydrogen-bond acceptors (Lipinski definition) is 4. The van der Waals surface area contributed by atoms with Gasteiger partial charge in [0.1, 0.15) is 5.82 Å². The molecule has 3 N–H and O–H groups in total. The fourth-order valence-corrected chi connectivity index (χ4v) is 6.58. The first-order chi connectivity index (χ1) is 19.8. The average molecular weight is 610 g/mol. The van der Waals surface area contributed by atoms with Crippen LogP contribution >= 0.6 is 0 Å².